The number of fused-ring (bicyclic) bond motifs is 1. The van der Waals surface area contributed by atoms with Crippen LogP contribution in [0.1, 0.15) is 23.7 Å². The van der Waals surface area contributed by atoms with Crippen molar-refractivity contribution in [2.75, 3.05) is 13.1 Å². The van der Waals surface area contributed by atoms with Crippen LogP contribution >= 0.6 is 12.4 Å². The van der Waals surface area contributed by atoms with Crippen LogP contribution in [0.5, 0.6) is 0 Å². The molecule has 1 heterocycles. The highest BCUT2D eigenvalue weighted by molar-refractivity contribution is 5.98. The molecule has 0 spiro atoms. The smallest absolute Gasteiger partial charge is 0.257 e. The first-order chi connectivity index (χ1) is 11.0. The molecule has 8 heteroatoms. The second-order valence-electron chi connectivity index (χ2n) is 5.38. The van der Waals surface area contributed by atoms with Crippen molar-refractivity contribution in [1.29, 1.82) is 0 Å². The third kappa shape index (κ3) is 5.07. The van der Waals surface area contributed by atoms with E-state index in [-0.39, 0.29) is 41.9 Å². The van der Waals surface area contributed by atoms with E-state index in [1.54, 1.807) is 24.3 Å². The highest BCUT2D eigenvalue weighted by atomic mass is 35.5. The van der Waals surface area contributed by atoms with Gasteiger partial charge in [0.15, 0.2) is 0 Å². The minimum absolute atomic E-state index is 0. The molecular formula is C16H21ClN4O3. The Labute approximate surface area is 145 Å². The summed E-state index contributed by atoms with van der Waals surface area (Å²) in [6, 6.07) is 6.92. The van der Waals surface area contributed by atoms with Crippen molar-refractivity contribution < 1.29 is 9.59 Å². The first kappa shape index (κ1) is 19.7. The van der Waals surface area contributed by atoms with Gasteiger partial charge in [0.2, 0.25) is 11.3 Å². The van der Waals surface area contributed by atoms with E-state index in [2.05, 4.69) is 15.6 Å². The Morgan fingerprint density at radius 2 is 1.96 bits per heavy atom. The van der Waals surface area contributed by atoms with Crippen LogP contribution in [-0.4, -0.2) is 35.9 Å². The van der Waals surface area contributed by atoms with Gasteiger partial charge in [0.1, 0.15) is 5.56 Å². The van der Waals surface area contributed by atoms with Crippen LogP contribution in [-0.2, 0) is 4.79 Å². The Balaban J connectivity index is 0.00000288. The monoisotopic (exact) mass is 352 g/mol. The van der Waals surface area contributed by atoms with Crippen LogP contribution in [0, 0.1) is 0 Å². The first-order valence-electron chi connectivity index (χ1n) is 7.40. The van der Waals surface area contributed by atoms with E-state index in [1.807, 2.05) is 6.92 Å². The van der Waals surface area contributed by atoms with Crippen LogP contribution in [0.4, 0.5) is 0 Å². The van der Waals surface area contributed by atoms with Crippen molar-refractivity contribution in [2.24, 2.45) is 5.73 Å². The van der Waals surface area contributed by atoms with Gasteiger partial charge < -0.3 is 21.4 Å². The van der Waals surface area contributed by atoms with Crippen LogP contribution < -0.4 is 21.8 Å². The average Bonchev–Trinajstić information content (AvgIpc) is 2.53. The molecule has 24 heavy (non-hydrogen) atoms. The molecule has 0 bridgehead atoms. The molecule has 2 aromatic rings. The van der Waals surface area contributed by atoms with Gasteiger partial charge in [-0.2, -0.15) is 0 Å². The van der Waals surface area contributed by atoms with E-state index in [4.69, 9.17) is 5.73 Å². The molecule has 7 nitrogen and oxygen atoms in total. The fourth-order valence-corrected chi connectivity index (χ4v) is 2.09. The number of nitrogens with one attached hydrogen (secondary N) is 3. The van der Waals surface area contributed by atoms with Crippen molar-refractivity contribution in [3.63, 3.8) is 0 Å². The standard InChI is InChI=1S/C16H20N4O3.ClH/c1-10(17)6-7-18-14(21)9-20-16(23)12-8-19-13-5-3-2-4-11(13)15(12)22;/h2-5,8,10H,6-7,9,17H2,1H3,(H,18,21)(H,19,22)(H,20,23);1H. The summed E-state index contributed by atoms with van der Waals surface area (Å²) in [5.74, 6) is -0.907. The van der Waals surface area contributed by atoms with E-state index >= 15 is 0 Å². The van der Waals surface area contributed by atoms with Crippen molar-refractivity contribution in [1.82, 2.24) is 15.6 Å². The molecular weight excluding hydrogens is 332 g/mol. The summed E-state index contributed by atoms with van der Waals surface area (Å²) >= 11 is 0. The fraction of sp³-hybridized carbons (Fsp3) is 0.312. The number of benzene rings is 1. The fourth-order valence-electron chi connectivity index (χ4n) is 2.09. The van der Waals surface area contributed by atoms with Crippen LogP contribution in [0.15, 0.2) is 35.3 Å². The molecule has 0 aliphatic heterocycles. The highest BCUT2D eigenvalue weighted by Crippen LogP contribution is 2.06. The summed E-state index contributed by atoms with van der Waals surface area (Å²) in [7, 11) is 0. The quantitative estimate of drug-likeness (QED) is 0.606. The van der Waals surface area contributed by atoms with Gasteiger partial charge in [-0.25, -0.2) is 0 Å². The van der Waals surface area contributed by atoms with E-state index < -0.39 is 5.91 Å². The van der Waals surface area contributed by atoms with Crippen LogP contribution in [0.2, 0.25) is 0 Å². The molecule has 2 amide bonds. The molecule has 0 radical (unpaired) electrons. The minimum Gasteiger partial charge on any atom is -0.360 e. The molecule has 1 aromatic heterocycles. The third-order valence-corrected chi connectivity index (χ3v) is 3.36. The molecule has 0 saturated heterocycles. The zero-order valence-electron chi connectivity index (χ0n) is 13.3. The Hall–Kier alpha value is -2.38. The zero-order valence-corrected chi connectivity index (χ0v) is 14.1. The lowest BCUT2D eigenvalue weighted by Gasteiger charge is -2.08. The largest absolute Gasteiger partial charge is 0.360 e. The van der Waals surface area contributed by atoms with Gasteiger partial charge in [-0.3, -0.25) is 14.4 Å². The van der Waals surface area contributed by atoms with Crippen LogP contribution in [0.3, 0.4) is 0 Å². The minimum atomic E-state index is -0.584. The number of carbonyl (C=O) groups is 2. The summed E-state index contributed by atoms with van der Waals surface area (Å²) in [5.41, 5.74) is 5.85. The average molecular weight is 353 g/mol. The molecule has 1 atom stereocenters. The Morgan fingerprint density at radius 1 is 1.25 bits per heavy atom. The molecule has 0 aliphatic rings. The number of hydrogen-bond donors (Lipinski definition) is 4. The normalized spacial score (nSPS) is 11.4. The molecule has 0 fully saturated rings. The lowest BCUT2D eigenvalue weighted by Crippen LogP contribution is -2.39. The van der Waals surface area contributed by atoms with E-state index in [1.165, 1.54) is 6.20 Å². The maximum absolute atomic E-state index is 12.3. The van der Waals surface area contributed by atoms with Gasteiger partial charge in [0, 0.05) is 29.7 Å². The molecule has 5 N–H and O–H groups in total. The van der Waals surface area contributed by atoms with E-state index in [0.717, 1.165) is 0 Å². The molecule has 1 aromatic carbocycles. The second kappa shape index (κ2) is 9.05. The first-order valence-corrected chi connectivity index (χ1v) is 7.40. The van der Waals surface area contributed by atoms with Gasteiger partial charge in [-0.15, -0.1) is 12.4 Å². The van der Waals surface area contributed by atoms with Crippen molar-refractivity contribution in [2.45, 2.75) is 19.4 Å². The summed E-state index contributed by atoms with van der Waals surface area (Å²) < 4.78 is 0. The summed E-state index contributed by atoms with van der Waals surface area (Å²) in [5, 5.41) is 5.52. The summed E-state index contributed by atoms with van der Waals surface area (Å²) in [6.07, 6.45) is 2.01. The lowest BCUT2D eigenvalue weighted by molar-refractivity contribution is -0.120. The van der Waals surface area contributed by atoms with Gasteiger partial charge in [0.25, 0.3) is 5.91 Å². The Bertz CT molecular complexity index is 773. The predicted molar refractivity (Wildman–Crippen MR) is 95.4 cm³/mol. The number of halogens is 1. The number of hydrogen-bond acceptors (Lipinski definition) is 4. The number of amides is 2. The number of para-hydroxylation sites is 1. The van der Waals surface area contributed by atoms with Crippen molar-refractivity contribution >= 4 is 35.1 Å². The van der Waals surface area contributed by atoms with E-state index in [9.17, 15) is 14.4 Å². The number of rotatable bonds is 6. The van der Waals surface area contributed by atoms with Gasteiger partial charge in [-0.05, 0) is 25.5 Å². The number of H-pyrrole nitrogens is 1. The molecule has 2 rings (SSSR count). The zero-order chi connectivity index (χ0) is 16.8. The third-order valence-electron chi connectivity index (χ3n) is 3.36. The summed E-state index contributed by atoms with van der Waals surface area (Å²) in [6.45, 7) is 2.10. The number of nitrogens with two attached hydrogens (primary N) is 1. The summed E-state index contributed by atoms with van der Waals surface area (Å²) in [4.78, 5) is 38.8. The maximum atomic E-state index is 12.3. The number of aromatic amines is 1. The number of pyridine rings is 1. The van der Waals surface area contributed by atoms with Crippen molar-refractivity contribution in [3.8, 4) is 0 Å². The van der Waals surface area contributed by atoms with E-state index in [0.29, 0.717) is 23.9 Å². The van der Waals surface area contributed by atoms with Crippen LogP contribution in [0.25, 0.3) is 10.9 Å². The molecule has 1 unspecified atom stereocenters. The Kier molecular flexibility index (Phi) is 7.41. The molecule has 130 valence electrons. The number of aromatic nitrogens is 1. The van der Waals surface area contributed by atoms with Gasteiger partial charge in [0.05, 0.1) is 6.54 Å². The molecule has 0 aliphatic carbocycles. The molecule has 0 saturated carbocycles. The van der Waals surface area contributed by atoms with Gasteiger partial charge >= 0.3 is 0 Å². The Morgan fingerprint density at radius 3 is 2.67 bits per heavy atom. The lowest BCUT2D eigenvalue weighted by atomic mass is 10.1. The van der Waals surface area contributed by atoms with Gasteiger partial charge in [-0.1, -0.05) is 12.1 Å². The maximum Gasteiger partial charge on any atom is 0.257 e. The topological polar surface area (TPSA) is 117 Å². The van der Waals surface area contributed by atoms with Crippen molar-refractivity contribution in [3.05, 3.63) is 46.2 Å². The number of carbonyl (C=O) groups excluding carboxylic acids is 2. The predicted octanol–water partition coefficient (Wildman–Crippen LogP) is 0.533. The highest BCUT2D eigenvalue weighted by Gasteiger charge is 2.13. The second-order valence-corrected chi connectivity index (χ2v) is 5.38. The SMILES string of the molecule is CC(N)CCNC(=O)CNC(=O)c1c[nH]c2ccccc2c1=O.Cl.